The van der Waals surface area contributed by atoms with Gasteiger partial charge in [0.05, 0.1) is 25.6 Å². The van der Waals surface area contributed by atoms with Crippen molar-refractivity contribution in [3.05, 3.63) is 65.9 Å². The molecular formula is C21H21N3O3. The number of carbonyl (C=O) groups excluding carboxylic acids is 1. The monoisotopic (exact) mass is 363 g/mol. The van der Waals surface area contributed by atoms with Gasteiger partial charge in [0, 0.05) is 17.9 Å². The summed E-state index contributed by atoms with van der Waals surface area (Å²) in [6.45, 7) is 2.59. The molecule has 3 aromatic rings. The molecule has 0 saturated carbocycles. The summed E-state index contributed by atoms with van der Waals surface area (Å²) in [5, 5.41) is 7.49. The van der Waals surface area contributed by atoms with E-state index in [1.165, 1.54) is 0 Å². The lowest BCUT2D eigenvalue weighted by Crippen LogP contribution is -2.24. The minimum atomic E-state index is -0.0311. The van der Waals surface area contributed by atoms with Crippen LogP contribution in [0.1, 0.15) is 30.4 Å². The van der Waals surface area contributed by atoms with E-state index in [1.54, 1.807) is 11.8 Å². The maximum Gasteiger partial charge on any atom is 0.226 e. The summed E-state index contributed by atoms with van der Waals surface area (Å²) >= 11 is 0. The molecule has 1 N–H and O–H groups in total. The van der Waals surface area contributed by atoms with E-state index in [2.05, 4.69) is 10.4 Å². The Morgan fingerprint density at radius 1 is 1.11 bits per heavy atom. The van der Waals surface area contributed by atoms with Crippen LogP contribution in [0.4, 0.5) is 5.82 Å². The van der Waals surface area contributed by atoms with Gasteiger partial charge < -0.3 is 14.8 Å². The molecule has 0 fully saturated rings. The summed E-state index contributed by atoms with van der Waals surface area (Å²) in [5.41, 5.74) is 2.95. The number of ether oxygens (including phenoxy) is 2. The van der Waals surface area contributed by atoms with Gasteiger partial charge in [0.1, 0.15) is 17.3 Å². The molecule has 27 heavy (non-hydrogen) atoms. The van der Waals surface area contributed by atoms with Crippen molar-refractivity contribution in [1.82, 2.24) is 9.78 Å². The van der Waals surface area contributed by atoms with Crippen molar-refractivity contribution in [3.63, 3.8) is 0 Å². The van der Waals surface area contributed by atoms with E-state index in [0.717, 1.165) is 34.1 Å². The lowest BCUT2D eigenvalue weighted by Gasteiger charge is -2.24. The van der Waals surface area contributed by atoms with E-state index >= 15 is 0 Å². The lowest BCUT2D eigenvalue weighted by atomic mass is 9.87. The van der Waals surface area contributed by atoms with Gasteiger partial charge in [-0.1, -0.05) is 12.1 Å². The molecule has 1 atom stereocenters. The van der Waals surface area contributed by atoms with Crippen molar-refractivity contribution in [2.24, 2.45) is 0 Å². The third kappa shape index (κ3) is 3.26. The van der Waals surface area contributed by atoms with Crippen molar-refractivity contribution >= 4 is 11.7 Å². The largest absolute Gasteiger partial charge is 0.497 e. The molecule has 0 bridgehead atoms. The summed E-state index contributed by atoms with van der Waals surface area (Å²) in [7, 11) is 1.63. The zero-order valence-corrected chi connectivity index (χ0v) is 15.3. The fourth-order valence-electron chi connectivity index (χ4n) is 3.40. The molecule has 0 aliphatic carbocycles. The molecule has 138 valence electrons. The van der Waals surface area contributed by atoms with Crippen LogP contribution in [-0.2, 0) is 4.79 Å². The van der Waals surface area contributed by atoms with Gasteiger partial charge in [0.25, 0.3) is 0 Å². The molecule has 0 saturated heterocycles. The van der Waals surface area contributed by atoms with E-state index in [4.69, 9.17) is 9.47 Å². The highest BCUT2D eigenvalue weighted by molar-refractivity contribution is 5.94. The summed E-state index contributed by atoms with van der Waals surface area (Å²) in [6, 6.07) is 15.5. The van der Waals surface area contributed by atoms with Gasteiger partial charge in [-0.2, -0.15) is 5.10 Å². The Morgan fingerprint density at radius 3 is 2.48 bits per heavy atom. The van der Waals surface area contributed by atoms with Crippen LogP contribution in [0.15, 0.2) is 54.7 Å². The molecule has 2 heterocycles. The highest BCUT2D eigenvalue weighted by Crippen LogP contribution is 2.38. The van der Waals surface area contributed by atoms with Gasteiger partial charge in [-0.15, -0.1) is 0 Å². The van der Waals surface area contributed by atoms with Gasteiger partial charge in [-0.25, -0.2) is 4.68 Å². The van der Waals surface area contributed by atoms with Crippen molar-refractivity contribution in [2.45, 2.75) is 19.3 Å². The first-order valence-corrected chi connectivity index (χ1v) is 8.94. The minimum Gasteiger partial charge on any atom is -0.497 e. The fraction of sp³-hybridized carbons (Fsp3) is 0.238. The average molecular weight is 363 g/mol. The first-order chi connectivity index (χ1) is 13.2. The number of fused-ring (bicyclic) bond motifs is 1. The number of rotatable bonds is 5. The second-order valence-electron chi connectivity index (χ2n) is 6.37. The number of benzene rings is 2. The number of carbonyl (C=O) groups is 1. The quantitative estimate of drug-likeness (QED) is 0.750. The van der Waals surface area contributed by atoms with Gasteiger partial charge in [-0.3, -0.25) is 4.79 Å². The smallest absolute Gasteiger partial charge is 0.226 e. The fourth-order valence-corrected chi connectivity index (χ4v) is 3.40. The number of methoxy groups -OCH3 is 1. The van der Waals surface area contributed by atoms with Crippen LogP contribution >= 0.6 is 0 Å². The Kier molecular flexibility index (Phi) is 4.54. The number of aromatic nitrogens is 2. The summed E-state index contributed by atoms with van der Waals surface area (Å²) in [6.07, 6.45) is 2.23. The zero-order chi connectivity index (χ0) is 18.8. The van der Waals surface area contributed by atoms with Crippen molar-refractivity contribution in [1.29, 1.82) is 0 Å². The SMILES string of the molecule is CCOc1ccc(C2CC(=O)Nc3c2cnn3-c2ccc(OC)cc2)cc1. The van der Waals surface area contributed by atoms with Crippen LogP contribution in [0.3, 0.4) is 0 Å². The third-order valence-electron chi connectivity index (χ3n) is 4.73. The Morgan fingerprint density at radius 2 is 1.81 bits per heavy atom. The van der Waals surface area contributed by atoms with E-state index in [-0.39, 0.29) is 11.8 Å². The number of hydrogen-bond acceptors (Lipinski definition) is 4. The van der Waals surface area contributed by atoms with E-state index < -0.39 is 0 Å². The highest BCUT2D eigenvalue weighted by atomic mass is 16.5. The molecule has 2 aromatic carbocycles. The summed E-state index contributed by atoms with van der Waals surface area (Å²) < 4.78 is 12.5. The van der Waals surface area contributed by atoms with Crippen LogP contribution in [0.2, 0.25) is 0 Å². The van der Waals surface area contributed by atoms with Crippen LogP contribution in [0, 0.1) is 0 Å². The van der Waals surface area contributed by atoms with Crippen molar-refractivity contribution in [2.75, 3.05) is 19.0 Å². The molecule has 1 aliphatic heterocycles. The average Bonchev–Trinajstić information content (AvgIpc) is 3.12. The number of amides is 1. The lowest BCUT2D eigenvalue weighted by molar-refractivity contribution is -0.116. The second-order valence-corrected chi connectivity index (χ2v) is 6.37. The van der Waals surface area contributed by atoms with E-state index in [9.17, 15) is 4.79 Å². The highest BCUT2D eigenvalue weighted by Gasteiger charge is 2.30. The topological polar surface area (TPSA) is 65.4 Å². The number of nitrogens with zero attached hydrogens (tertiary/aromatic N) is 2. The van der Waals surface area contributed by atoms with Crippen LogP contribution < -0.4 is 14.8 Å². The summed E-state index contributed by atoms with van der Waals surface area (Å²) in [5.74, 6) is 2.27. The van der Waals surface area contributed by atoms with E-state index in [0.29, 0.717) is 13.0 Å². The number of nitrogens with one attached hydrogen (secondary N) is 1. The van der Waals surface area contributed by atoms with Crippen LogP contribution in [-0.4, -0.2) is 29.4 Å². The van der Waals surface area contributed by atoms with Crippen LogP contribution in [0.5, 0.6) is 11.5 Å². The van der Waals surface area contributed by atoms with Crippen molar-refractivity contribution < 1.29 is 14.3 Å². The molecule has 1 amide bonds. The third-order valence-corrected chi connectivity index (χ3v) is 4.73. The number of hydrogen-bond donors (Lipinski definition) is 1. The normalized spacial score (nSPS) is 15.8. The Labute approximate surface area is 157 Å². The molecule has 1 unspecified atom stereocenters. The van der Waals surface area contributed by atoms with Crippen molar-refractivity contribution in [3.8, 4) is 17.2 Å². The predicted molar refractivity (Wildman–Crippen MR) is 103 cm³/mol. The maximum atomic E-state index is 12.4. The first-order valence-electron chi connectivity index (χ1n) is 8.94. The standard InChI is InChI=1S/C21H21N3O3/c1-3-27-17-8-4-14(5-9-17)18-12-20(25)23-21-19(18)13-22-24(21)15-6-10-16(26-2)11-7-15/h4-11,13,18H,3,12H2,1-2H3,(H,23,25). The van der Waals surface area contributed by atoms with Gasteiger partial charge >= 0.3 is 0 Å². The Hall–Kier alpha value is -3.28. The molecular weight excluding hydrogens is 342 g/mol. The van der Waals surface area contributed by atoms with Gasteiger partial charge in [0.15, 0.2) is 0 Å². The minimum absolute atomic E-state index is 0.0170. The maximum absolute atomic E-state index is 12.4. The molecule has 6 nitrogen and oxygen atoms in total. The molecule has 0 spiro atoms. The molecule has 0 radical (unpaired) electrons. The number of anilines is 1. The zero-order valence-electron chi connectivity index (χ0n) is 15.3. The van der Waals surface area contributed by atoms with Crippen LogP contribution in [0.25, 0.3) is 5.69 Å². The molecule has 1 aromatic heterocycles. The Balaban J connectivity index is 1.70. The summed E-state index contributed by atoms with van der Waals surface area (Å²) in [4.78, 5) is 12.4. The molecule has 6 heteroatoms. The Bertz CT molecular complexity index is 946. The molecule has 4 rings (SSSR count). The first kappa shape index (κ1) is 17.1. The molecule has 1 aliphatic rings. The predicted octanol–water partition coefficient (Wildman–Crippen LogP) is 3.75. The second kappa shape index (κ2) is 7.15. The van der Waals surface area contributed by atoms with Gasteiger partial charge in [0.2, 0.25) is 5.91 Å². The van der Waals surface area contributed by atoms with E-state index in [1.807, 2.05) is 61.7 Å². The van der Waals surface area contributed by atoms with Gasteiger partial charge in [-0.05, 0) is 48.9 Å².